The number of aryl methyl sites for hydroxylation is 1. The Labute approximate surface area is 110 Å². The molecular formula is C8H13FN4O4S2. The summed E-state index contributed by atoms with van der Waals surface area (Å²) in [5, 5.41) is -0.0918. The van der Waals surface area contributed by atoms with E-state index in [0.717, 1.165) is 0 Å². The first-order valence-corrected chi connectivity index (χ1v) is 8.30. The molecule has 0 amide bonds. The molecule has 0 radical (unpaired) electrons. The van der Waals surface area contributed by atoms with Gasteiger partial charge in [-0.25, -0.2) is 18.1 Å². The van der Waals surface area contributed by atoms with E-state index in [1.807, 2.05) is 6.92 Å². The summed E-state index contributed by atoms with van der Waals surface area (Å²) in [5.74, 6) is 0.530. The molecule has 0 spiro atoms. The van der Waals surface area contributed by atoms with Crippen molar-refractivity contribution in [1.82, 2.24) is 19.0 Å². The Hall–Kier alpha value is -1.04. The molecule has 8 nitrogen and oxygen atoms in total. The zero-order valence-electron chi connectivity index (χ0n) is 10.00. The van der Waals surface area contributed by atoms with E-state index in [0.29, 0.717) is 16.6 Å². The van der Waals surface area contributed by atoms with Gasteiger partial charge in [0.05, 0.1) is 6.20 Å². The number of hydrogen-bond donors (Lipinski definition) is 2. The maximum atomic E-state index is 12.5. The quantitative estimate of drug-likeness (QED) is 0.688. The molecule has 0 unspecified atom stereocenters. The van der Waals surface area contributed by atoms with Crippen LogP contribution >= 0.6 is 0 Å². The van der Waals surface area contributed by atoms with Gasteiger partial charge in [-0.05, 0) is 0 Å². The lowest BCUT2D eigenvalue weighted by Gasteiger charge is -2.35. The molecule has 2 heterocycles. The van der Waals surface area contributed by atoms with Crippen molar-refractivity contribution in [2.24, 2.45) is 0 Å². The van der Waals surface area contributed by atoms with Gasteiger partial charge in [-0.15, -0.1) is 0 Å². The van der Waals surface area contributed by atoms with Gasteiger partial charge in [0.1, 0.15) is 5.82 Å². The summed E-state index contributed by atoms with van der Waals surface area (Å²) in [5.41, 5.74) is 0. The van der Waals surface area contributed by atoms with Crippen LogP contribution in [0.2, 0.25) is 0 Å². The minimum Gasteiger partial charge on any atom is -0.332 e. The summed E-state index contributed by atoms with van der Waals surface area (Å²) in [4.78, 5) is 6.50. The van der Waals surface area contributed by atoms with E-state index in [2.05, 4.69) is 14.7 Å². The van der Waals surface area contributed by atoms with Crippen molar-refractivity contribution in [3.8, 4) is 0 Å². The van der Waals surface area contributed by atoms with Crippen LogP contribution in [-0.2, 0) is 26.9 Å². The highest BCUT2D eigenvalue weighted by molar-refractivity contribution is 7.89. The normalized spacial score (nSPS) is 18.4. The number of halogens is 1. The lowest BCUT2D eigenvalue weighted by Crippen LogP contribution is -2.59. The molecule has 0 aliphatic carbocycles. The number of nitrogens with zero attached hydrogens (tertiary/aromatic N) is 2. The average molecular weight is 312 g/mol. The van der Waals surface area contributed by atoms with Gasteiger partial charge < -0.3 is 4.98 Å². The average Bonchev–Trinajstić information content (AvgIpc) is 2.70. The lowest BCUT2D eigenvalue weighted by atomic mass is 10.2. The molecule has 0 atom stereocenters. The molecule has 11 heteroatoms. The number of rotatable bonds is 5. The van der Waals surface area contributed by atoms with Gasteiger partial charge >= 0.3 is 10.4 Å². The number of nitrogens with one attached hydrogen (secondary N) is 2. The van der Waals surface area contributed by atoms with Crippen molar-refractivity contribution in [1.29, 1.82) is 0 Å². The zero-order chi connectivity index (χ0) is 14.3. The van der Waals surface area contributed by atoms with Crippen LogP contribution in [0, 0.1) is 0 Å². The largest absolute Gasteiger partial charge is 0.374 e. The van der Waals surface area contributed by atoms with E-state index < -0.39 is 26.5 Å². The number of aromatic nitrogens is 2. The molecule has 0 saturated carbocycles. The van der Waals surface area contributed by atoms with Crippen LogP contribution in [0.4, 0.5) is 3.89 Å². The standard InChI is InChI=1S/C8H13FN4O4S2/c1-2-7-10-3-8(11-7)18(14,15)12-6-4-13(5-6)19(9,16)17/h3,6,12H,2,4-5H2,1H3,(H,10,11). The van der Waals surface area contributed by atoms with Crippen LogP contribution < -0.4 is 4.72 Å². The number of sulfonamides is 1. The van der Waals surface area contributed by atoms with Crippen molar-refractivity contribution in [3.63, 3.8) is 0 Å². The van der Waals surface area contributed by atoms with E-state index in [-0.39, 0.29) is 18.1 Å². The molecule has 0 bridgehead atoms. The second-order valence-corrected chi connectivity index (χ2v) is 7.15. The number of H-pyrrole nitrogens is 1. The lowest BCUT2D eigenvalue weighted by molar-refractivity contribution is 0.238. The van der Waals surface area contributed by atoms with Crippen LogP contribution in [0.3, 0.4) is 0 Å². The second-order valence-electron chi connectivity index (χ2n) is 4.12. The molecule has 108 valence electrons. The Morgan fingerprint density at radius 2 is 2.11 bits per heavy atom. The van der Waals surface area contributed by atoms with Gasteiger partial charge in [0.15, 0.2) is 5.03 Å². The molecule has 0 aromatic carbocycles. The first-order valence-electron chi connectivity index (χ1n) is 5.48. The Balaban J connectivity index is 2.00. The third-order valence-corrected chi connectivity index (χ3v) is 5.05. The number of imidazole rings is 1. The van der Waals surface area contributed by atoms with Crippen molar-refractivity contribution in [2.45, 2.75) is 24.4 Å². The van der Waals surface area contributed by atoms with Crippen molar-refractivity contribution >= 4 is 20.4 Å². The molecule has 2 N–H and O–H groups in total. The van der Waals surface area contributed by atoms with Gasteiger partial charge in [-0.2, -0.15) is 12.7 Å². The molecule has 19 heavy (non-hydrogen) atoms. The van der Waals surface area contributed by atoms with Crippen LogP contribution in [0.5, 0.6) is 0 Å². The third kappa shape index (κ3) is 3.11. The molecule has 1 saturated heterocycles. The number of hydrogen-bond acceptors (Lipinski definition) is 5. The highest BCUT2D eigenvalue weighted by Gasteiger charge is 2.38. The maximum Gasteiger partial charge on any atom is 0.374 e. The molecule has 1 aromatic rings. The highest BCUT2D eigenvalue weighted by atomic mass is 32.3. The van der Waals surface area contributed by atoms with Gasteiger partial charge in [0, 0.05) is 25.6 Å². The van der Waals surface area contributed by atoms with E-state index in [1.165, 1.54) is 6.20 Å². The van der Waals surface area contributed by atoms with E-state index in [9.17, 15) is 20.7 Å². The Morgan fingerprint density at radius 3 is 2.58 bits per heavy atom. The van der Waals surface area contributed by atoms with Crippen LogP contribution in [-0.4, -0.2) is 50.2 Å². The Morgan fingerprint density at radius 1 is 1.47 bits per heavy atom. The zero-order valence-corrected chi connectivity index (χ0v) is 11.6. The first-order chi connectivity index (χ1) is 8.72. The summed E-state index contributed by atoms with van der Waals surface area (Å²) in [6.45, 7) is 1.39. The Bertz CT molecular complexity index is 663. The fourth-order valence-electron chi connectivity index (χ4n) is 1.63. The van der Waals surface area contributed by atoms with Crippen molar-refractivity contribution < 1.29 is 20.7 Å². The molecule has 1 aromatic heterocycles. The highest BCUT2D eigenvalue weighted by Crippen LogP contribution is 2.16. The van der Waals surface area contributed by atoms with Crippen LogP contribution in [0.25, 0.3) is 0 Å². The van der Waals surface area contributed by atoms with Crippen LogP contribution in [0.1, 0.15) is 12.7 Å². The van der Waals surface area contributed by atoms with Gasteiger partial charge in [-0.1, -0.05) is 10.8 Å². The summed E-state index contributed by atoms with van der Waals surface area (Å²) >= 11 is 0. The monoisotopic (exact) mass is 312 g/mol. The topological polar surface area (TPSA) is 112 Å². The van der Waals surface area contributed by atoms with Crippen LogP contribution in [0.15, 0.2) is 11.2 Å². The SMILES string of the molecule is CCc1ncc(S(=O)(=O)NC2CN(S(=O)(=O)F)C2)[nH]1. The minimum absolute atomic E-state index is 0.0918. The second kappa shape index (κ2) is 4.81. The fourth-order valence-corrected chi connectivity index (χ4v) is 3.51. The van der Waals surface area contributed by atoms with Gasteiger partial charge in [0.2, 0.25) is 0 Å². The smallest absolute Gasteiger partial charge is 0.332 e. The Kier molecular flexibility index (Phi) is 3.64. The molecule has 1 aliphatic rings. The summed E-state index contributed by atoms with van der Waals surface area (Å²) in [7, 11) is -8.53. The van der Waals surface area contributed by atoms with Crippen molar-refractivity contribution in [3.05, 3.63) is 12.0 Å². The summed E-state index contributed by atoms with van der Waals surface area (Å²) < 4.78 is 60.1. The molecule has 1 fully saturated rings. The van der Waals surface area contributed by atoms with E-state index >= 15 is 0 Å². The molecule has 1 aliphatic heterocycles. The summed E-state index contributed by atoms with van der Waals surface area (Å²) in [6.07, 6.45) is 1.75. The van der Waals surface area contributed by atoms with E-state index in [1.54, 1.807) is 0 Å². The van der Waals surface area contributed by atoms with Gasteiger partial charge in [-0.3, -0.25) is 0 Å². The molecule has 2 rings (SSSR count). The summed E-state index contributed by atoms with van der Waals surface area (Å²) in [6, 6.07) is -0.635. The fraction of sp³-hybridized carbons (Fsp3) is 0.625. The predicted molar refractivity (Wildman–Crippen MR) is 63.7 cm³/mol. The van der Waals surface area contributed by atoms with Crippen molar-refractivity contribution in [2.75, 3.05) is 13.1 Å². The predicted octanol–water partition coefficient (Wildman–Crippen LogP) is -0.851. The first kappa shape index (κ1) is 14.4. The molecular weight excluding hydrogens is 299 g/mol. The third-order valence-electron chi connectivity index (χ3n) is 2.71. The van der Waals surface area contributed by atoms with Gasteiger partial charge in [0.25, 0.3) is 10.0 Å². The minimum atomic E-state index is -4.74. The van der Waals surface area contributed by atoms with E-state index in [4.69, 9.17) is 0 Å². The maximum absolute atomic E-state index is 12.5. The number of aromatic amines is 1.